The number of pyridine rings is 1. The van der Waals surface area contributed by atoms with Gasteiger partial charge in [-0.1, -0.05) is 48.2 Å². The van der Waals surface area contributed by atoms with Crippen LogP contribution in [0, 0.1) is 6.92 Å². The van der Waals surface area contributed by atoms with Crippen LogP contribution >= 0.6 is 11.8 Å². The van der Waals surface area contributed by atoms with E-state index in [1.165, 1.54) is 16.7 Å². The topological polar surface area (TPSA) is 62.3 Å². The van der Waals surface area contributed by atoms with Crippen molar-refractivity contribution in [3.8, 4) is 0 Å². The SMILES string of the molecule is Cc1ccccc1CNC(=O)CN1C(=O)c2ccccc2Sc2ncccc21. The van der Waals surface area contributed by atoms with Crippen molar-refractivity contribution in [1.82, 2.24) is 10.3 Å². The number of nitrogens with one attached hydrogen (secondary N) is 1. The lowest BCUT2D eigenvalue weighted by atomic mass is 10.1. The lowest BCUT2D eigenvalue weighted by molar-refractivity contribution is -0.119. The zero-order valence-electron chi connectivity index (χ0n) is 15.4. The van der Waals surface area contributed by atoms with Crippen molar-refractivity contribution in [1.29, 1.82) is 0 Å². The van der Waals surface area contributed by atoms with Gasteiger partial charge in [-0.25, -0.2) is 4.98 Å². The molecule has 0 atom stereocenters. The molecule has 1 aliphatic rings. The molecule has 0 radical (unpaired) electrons. The Labute approximate surface area is 167 Å². The number of rotatable bonds is 4. The van der Waals surface area contributed by atoms with Gasteiger partial charge in [-0.05, 0) is 42.3 Å². The van der Waals surface area contributed by atoms with Crippen molar-refractivity contribution in [2.45, 2.75) is 23.4 Å². The quantitative estimate of drug-likeness (QED) is 0.737. The normalized spacial score (nSPS) is 12.8. The standard InChI is InChI=1S/C22H19N3O2S/c1-15-7-2-3-8-16(15)13-24-20(26)14-25-18-10-6-12-23-21(18)28-19-11-5-4-9-17(19)22(25)27/h2-12H,13-14H2,1H3,(H,24,26). The van der Waals surface area contributed by atoms with Crippen LogP contribution in [0.2, 0.25) is 0 Å². The summed E-state index contributed by atoms with van der Waals surface area (Å²) in [6.45, 7) is 2.38. The fraction of sp³-hybridized carbons (Fsp3) is 0.136. The second-order valence-electron chi connectivity index (χ2n) is 6.52. The van der Waals surface area contributed by atoms with Gasteiger partial charge in [-0.15, -0.1) is 0 Å². The summed E-state index contributed by atoms with van der Waals surface area (Å²) in [6.07, 6.45) is 1.70. The number of aryl methyl sites for hydroxylation is 1. The van der Waals surface area contributed by atoms with Crippen LogP contribution in [0.4, 0.5) is 5.69 Å². The molecule has 1 aromatic heterocycles. The number of fused-ring (bicyclic) bond motifs is 2. The molecule has 140 valence electrons. The maximum atomic E-state index is 13.2. The molecule has 0 spiro atoms. The van der Waals surface area contributed by atoms with Crippen LogP contribution in [0.5, 0.6) is 0 Å². The van der Waals surface area contributed by atoms with Crippen LogP contribution in [0.3, 0.4) is 0 Å². The van der Waals surface area contributed by atoms with Crippen LogP contribution in [0.1, 0.15) is 21.5 Å². The van der Waals surface area contributed by atoms with Crippen LogP contribution in [-0.4, -0.2) is 23.3 Å². The van der Waals surface area contributed by atoms with E-state index >= 15 is 0 Å². The third-order valence-corrected chi connectivity index (χ3v) is 5.73. The van der Waals surface area contributed by atoms with Gasteiger partial charge in [0.2, 0.25) is 5.91 Å². The van der Waals surface area contributed by atoms with Gasteiger partial charge in [0.1, 0.15) is 11.6 Å². The molecule has 5 nitrogen and oxygen atoms in total. The van der Waals surface area contributed by atoms with Crippen molar-refractivity contribution in [3.05, 3.63) is 83.6 Å². The van der Waals surface area contributed by atoms with E-state index in [-0.39, 0.29) is 18.4 Å². The summed E-state index contributed by atoms with van der Waals surface area (Å²) >= 11 is 1.44. The molecular weight excluding hydrogens is 370 g/mol. The molecule has 3 aromatic rings. The Hall–Kier alpha value is -3.12. The van der Waals surface area contributed by atoms with E-state index in [9.17, 15) is 9.59 Å². The number of amides is 2. The highest BCUT2D eigenvalue weighted by Gasteiger charge is 2.29. The maximum Gasteiger partial charge on any atom is 0.259 e. The molecule has 0 bridgehead atoms. The third-order valence-electron chi connectivity index (χ3n) is 4.65. The lowest BCUT2D eigenvalue weighted by Gasteiger charge is -2.22. The van der Waals surface area contributed by atoms with Gasteiger partial charge >= 0.3 is 0 Å². The summed E-state index contributed by atoms with van der Waals surface area (Å²) in [7, 11) is 0. The zero-order chi connectivity index (χ0) is 19.5. The second-order valence-corrected chi connectivity index (χ2v) is 7.55. The first kappa shape index (κ1) is 18.3. The Bertz CT molecular complexity index is 1050. The summed E-state index contributed by atoms with van der Waals surface area (Å²) in [5, 5.41) is 3.64. The van der Waals surface area contributed by atoms with Crippen LogP contribution in [0.25, 0.3) is 0 Å². The van der Waals surface area contributed by atoms with E-state index < -0.39 is 0 Å². The highest BCUT2D eigenvalue weighted by Crippen LogP contribution is 2.39. The van der Waals surface area contributed by atoms with E-state index in [4.69, 9.17) is 0 Å². The van der Waals surface area contributed by atoms with E-state index in [2.05, 4.69) is 10.3 Å². The molecule has 0 aliphatic carbocycles. The largest absolute Gasteiger partial charge is 0.350 e. The molecule has 1 aliphatic heterocycles. The van der Waals surface area contributed by atoms with Gasteiger partial charge in [0.25, 0.3) is 5.91 Å². The smallest absolute Gasteiger partial charge is 0.259 e. The average molecular weight is 389 g/mol. The Morgan fingerprint density at radius 1 is 1.07 bits per heavy atom. The number of aromatic nitrogens is 1. The number of carbonyl (C=O) groups excluding carboxylic acids is 2. The molecule has 1 N–H and O–H groups in total. The molecule has 2 heterocycles. The van der Waals surface area contributed by atoms with Crippen LogP contribution in [-0.2, 0) is 11.3 Å². The Balaban J connectivity index is 1.58. The molecule has 2 amide bonds. The first-order valence-corrected chi connectivity index (χ1v) is 9.80. The summed E-state index contributed by atoms with van der Waals surface area (Å²) in [5.41, 5.74) is 3.41. The molecule has 0 saturated carbocycles. The molecule has 0 fully saturated rings. The van der Waals surface area contributed by atoms with Crippen molar-refractivity contribution in [3.63, 3.8) is 0 Å². The van der Waals surface area contributed by atoms with Crippen LogP contribution in [0.15, 0.2) is 76.8 Å². The third kappa shape index (κ3) is 3.64. The van der Waals surface area contributed by atoms with Crippen molar-refractivity contribution in [2.24, 2.45) is 0 Å². The molecule has 2 aromatic carbocycles. The van der Waals surface area contributed by atoms with Gasteiger partial charge in [-0.2, -0.15) is 0 Å². The fourth-order valence-corrected chi connectivity index (χ4v) is 4.13. The number of hydrogen-bond acceptors (Lipinski definition) is 4. The first-order valence-electron chi connectivity index (χ1n) is 8.98. The van der Waals surface area contributed by atoms with Gasteiger partial charge in [-0.3, -0.25) is 14.5 Å². The highest BCUT2D eigenvalue weighted by atomic mass is 32.2. The minimum absolute atomic E-state index is 0.0572. The van der Waals surface area contributed by atoms with Gasteiger partial charge < -0.3 is 5.32 Å². The first-order chi connectivity index (χ1) is 13.6. The van der Waals surface area contributed by atoms with E-state index in [0.717, 1.165) is 16.0 Å². The van der Waals surface area contributed by atoms with Crippen molar-refractivity contribution in [2.75, 3.05) is 11.4 Å². The second kappa shape index (κ2) is 7.86. The fourth-order valence-electron chi connectivity index (χ4n) is 3.12. The van der Waals surface area contributed by atoms with Crippen LogP contribution < -0.4 is 10.2 Å². The monoisotopic (exact) mass is 389 g/mol. The van der Waals surface area contributed by atoms with E-state index in [1.54, 1.807) is 18.3 Å². The van der Waals surface area contributed by atoms with E-state index in [1.807, 2.05) is 55.5 Å². The molecule has 0 saturated heterocycles. The summed E-state index contributed by atoms with van der Waals surface area (Å²) < 4.78 is 0. The lowest BCUT2D eigenvalue weighted by Crippen LogP contribution is -2.40. The number of carbonyl (C=O) groups is 2. The maximum absolute atomic E-state index is 13.2. The van der Waals surface area contributed by atoms with Gasteiger partial charge in [0, 0.05) is 17.6 Å². The molecular formula is C22H19N3O2S. The number of benzene rings is 2. The van der Waals surface area contributed by atoms with E-state index in [0.29, 0.717) is 22.8 Å². The Morgan fingerprint density at radius 3 is 2.71 bits per heavy atom. The Morgan fingerprint density at radius 2 is 1.86 bits per heavy atom. The minimum Gasteiger partial charge on any atom is -0.350 e. The molecule has 6 heteroatoms. The average Bonchev–Trinajstić information content (AvgIpc) is 2.83. The van der Waals surface area contributed by atoms with Gasteiger partial charge in [0.05, 0.1) is 11.3 Å². The summed E-state index contributed by atoms with van der Waals surface area (Å²) in [6, 6.07) is 18.9. The van der Waals surface area contributed by atoms with Crippen molar-refractivity contribution >= 4 is 29.3 Å². The van der Waals surface area contributed by atoms with Crippen molar-refractivity contribution < 1.29 is 9.59 Å². The Kier molecular flexibility index (Phi) is 5.12. The number of anilines is 1. The predicted octanol–water partition coefficient (Wildman–Crippen LogP) is 3.82. The number of hydrogen-bond donors (Lipinski definition) is 1. The minimum atomic E-state index is -0.212. The predicted molar refractivity (Wildman–Crippen MR) is 110 cm³/mol. The molecule has 0 unspecified atom stereocenters. The highest BCUT2D eigenvalue weighted by molar-refractivity contribution is 7.99. The summed E-state index contributed by atoms with van der Waals surface area (Å²) in [4.78, 5) is 32.6. The van der Waals surface area contributed by atoms with Gasteiger partial charge in [0.15, 0.2) is 0 Å². The number of nitrogens with zero attached hydrogens (tertiary/aromatic N) is 2. The molecule has 4 rings (SSSR count). The molecule has 28 heavy (non-hydrogen) atoms. The zero-order valence-corrected chi connectivity index (χ0v) is 16.2. The summed E-state index contributed by atoms with van der Waals surface area (Å²) in [5.74, 6) is -0.406.